The molecule has 0 radical (unpaired) electrons. The third kappa shape index (κ3) is 6.68. The molecule has 238 valence electrons. The Balaban J connectivity index is 1.21. The first-order valence-corrected chi connectivity index (χ1v) is 19.6. The van der Waals surface area contributed by atoms with Crippen LogP contribution in [-0.4, -0.2) is 18.1 Å². The number of carbonyl (C=O) groups excluding carboxylic acids is 2. The van der Waals surface area contributed by atoms with Crippen molar-refractivity contribution >= 4 is 85.5 Å². The molecule has 3 N–H and O–H groups in total. The van der Waals surface area contributed by atoms with E-state index in [2.05, 4.69) is 114 Å². The van der Waals surface area contributed by atoms with E-state index in [1.54, 1.807) is 0 Å². The number of carbonyl (C=O) groups is 2. The summed E-state index contributed by atoms with van der Waals surface area (Å²) in [6.45, 7) is 12.4. The molecule has 2 amide bonds. The largest absolute Gasteiger partial charge is 0.446 e. The van der Waals surface area contributed by atoms with Crippen molar-refractivity contribution in [3.63, 3.8) is 0 Å². The predicted octanol–water partition coefficient (Wildman–Crippen LogP) is 10.4. The van der Waals surface area contributed by atoms with E-state index in [0.717, 1.165) is 61.9 Å². The number of anilines is 1. The van der Waals surface area contributed by atoms with Crippen molar-refractivity contribution in [2.24, 2.45) is 46.3 Å². The molecule has 3 saturated carbocycles. The summed E-state index contributed by atoms with van der Waals surface area (Å²) in [5.74, 6) is 4.40. The molecular weight excluding hydrogens is 877 g/mol. The number of nitrogen functional groups attached to an aromatic ring is 1. The molecule has 0 heterocycles. The molecule has 8 atom stereocenters. The summed E-state index contributed by atoms with van der Waals surface area (Å²) in [6.07, 6.45) is 15.2. The van der Waals surface area contributed by atoms with Crippen LogP contribution in [0.1, 0.15) is 116 Å². The van der Waals surface area contributed by atoms with E-state index in [0.29, 0.717) is 20.2 Å². The van der Waals surface area contributed by atoms with Gasteiger partial charge in [-0.05, 0) is 165 Å². The van der Waals surface area contributed by atoms with Crippen molar-refractivity contribution in [2.45, 2.75) is 111 Å². The summed E-state index contributed by atoms with van der Waals surface area (Å²) in [5, 5.41) is 2.47. The maximum absolute atomic E-state index is 13.0. The fourth-order valence-electron chi connectivity index (χ4n) is 9.90. The van der Waals surface area contributed by atoms with Crippen LogP contribution in [0.25, 0.3) is 0 Å². The van der Waals surface area contributed by atoms with Crippen molar-refractivity contribution in [1.82, 2.24) is 5.32 Å². The summed E-state index contributed by atoms with van der Waals surface area (Å²) in [6, 6.07) is 1.86. The topological polar surface area (TPSA) is 81.4 Å². The Bertz CT molecular complexity index is 1280. The van der Waals surface area contributed by atoms with Crippen LogP contribution < -0.4 is 11.1 Å². The predicted molar refractivity (Wildman–Crippen MR) is 200 cm³/mol. The Morgan fingerprint density at radius 2 is 1.77 bits per heavy atom. The Morgan fingerprint density at radius 1 is 1.02 bits per heavy atom. The highest BCUT2D eigenvalue weighted by Crippen LogP contribution is 2.67. The Hall–Kier alpha value is -0.110. The summed E-state index contributed by atoms with van der Waals surface area (Å²) in [4.78, 5) is 25.9. The van der Waals surface area contributed by atoms with Gasteiger partial charge < -0.3 is 10.5 Å². The average molecular weight is 926 g/mol. The summed E-state index contributed by atoms with van der Waals surface area (Å²) in [7, 11) is 0. The van der Waals surface area contributed by atoms with E-state index in [9.17, 15) is 9.59 Å². The number of alkyl carbamates (subject to hydrolysis) is 1. The van der Waals surface area contributed by atoms with Gasteiger partial charge >= 0.3 is 6.09 Å². The standard InChI is InChI=1S/C35H49I3N2O3/c1-19(2)7-6-8-20(3)24-11-12-25-23-10-9-21-17-22(13-15-34(21,4)26(23)14-16-35(24,25)5)43-33(42)40-32(41)29-27(36)18-28(37)31(39)30(29)38/h9,18-20,22-26H,6-8,10-17,39H2,1-5H3,(H,40,41,42)/t20-,22+,23+,24-,25+,26+,34+,35-/m1/s1. The number of rotatable bonds is 7. The lowest BCUT2D eigenvalue weighted by molar-refractivity contribution is -0.0580. The second-order valence-corrected chi connectivity index (χ2v) is 18.4. The van der Waals surface area contributed by atoms with E-state index in [1.165, 1.54) is 56.9 Å². The minimum atomic E-state index is -0.662. The minimum absolute atomic E-state index is 0.194. The molecule has 5 rings (SSSR count). The zero-order valence-electron chi connectivity index (χ0n) is 26.4. The van der Waals surface area contributed by atoms with Gasteiger partial charge in [-0.2, -0.15) is 0 Å². The molecule has 0 saturated heterocycles. The van der Waals surface area contributed by atoms with Gasteiger partial charge in [0, 0.05) is 13.6 Å². The van der Waals surface area contributed by atoms with Crippen molar-refractivity contribution in [2.75, 3.05) is 5.73 Å². The number of halogens is 3. The maximum Gasteiger partial charge on any atom is 0.414 e. The van der Waals surface area contributed by atoms with E-state index in [1.807, 2.05) is 6.07 Å². The highest BCUT2D eigenvalue weighted by Gasteiger charge is 2.59. The molecule has 0 aliphatic heterocycles. The van der Waals surface area contributed by atoms with E-state index in [-0.39, 0.29) is 11.5 Å². The number of fused-ring (bicyclic) bond motifs is 5. The average Bonchev–Trinajstić information content (AvgIpc) is 3.29. The molecule has 0 unspecified atom stereocenters. The van der Waals surface area contributed by atoms with Crippen molar-refractivity contribution in [3.05, 3.63) is 34.0 Å². The number of amides is 2. The first kappa shape index (κ1) is 34.2. The zero-order chi connectivity index (χ0) is 31.3. The molecule has 0 spiro atoms. The third-order valence-corrected chi connectivity index (χ3v) is 15.0. The number of hydrogen-bond donors (Lipinski definition) is 2. The molecule has 8 heteroatoms. The van der Waals surface area contributed by atoms with E-state index < -0.39 is 12.0 Å². The third-order valence-electron chi connectivity index (χ3n) is 12.2. The van der Waals surface area contributed by atoms with Crippen LogP contribution in [0.5, 0.6) is 0 Å². The highest BCUT2D eigenvalue weighted by molar-refractivity contribution is 14.1. The Kier molecular flexibility index (Phi) is 10.8. The summed E-state index contributed by atoms with van der Waals surface area (Å²) in [5.41, 5.74) is 9.31. The lowest BCUT2D eigenvalue weighted by Gasteiger charge is -2.58. The van der Waals surface area contributed by atoms with Gasteiger partial charge in [0.25, 0.3) is 5.91 Å². The number of hydrogen-bond acceptors (Lipinski definition) is 4. The molecule has 0 bridgehead atoms. The Labute approximate surface area is 299 Å². The maximum atomic E-state index is 13.0. The number of nitrogens with two attached hydrogens (primary N) is 1. The fraction of sp³-hybridized carbons (Fsp3) is 0.714. The molecule has 1 aromatic carbocycles. The van der Waals surface area contributed by atoms with Crippen molar-refractivity contribution in [1.29, 1.82) is 0 Å². The van der Waals surface area contributed by atoms with Gasteiger partial charge in [0.2, 0.25) is 0 Å². The normalized spacial score (nSPS) is 34.1. The lowest BCUT2D eigenvalue weighted by Crippen LogP contribution is -2.51. The van der Waals surface area contributed by atoms with Crippen LogP contribution in [0.15, 0.2) is 17.7 Å². The van der Waals surface area contributed by atoms with Gasteiger partial charge in [-0.3, -0.25) is 10.1 Å². The van der Waals surface area contributed by atoms with Gasteiger partial charge in [0.05, 0.1) is 14.8 Å². The zero-order valence-corrected chi connectivity index (χ0v) is 32.9. The molecule has 4 aliphatic rings. The second-order valence-electron chi connectivity index (χ2n) is 15.0. The van der Waals surface area contributed by atoms with E-state index in [4.69, 9.17) is 10.5 Å². The molecule has 1 aromatic rings. The molecule has 0 aromatic heterocycles. The van der Waals surface area contributed by atoms with Crippen LogP contribution in [0.4, 0.5) is 10.5 Å². The van der Waals surface area contributed by atoms with Gasteiger partial charge in [-0.25, -0.2) is 4.79 Å². The van der Waals surface area contributed by atoms with Crippen molar-refractivity contribution < 1.29 is 14.3 Å². The van der Waals surface area contributed by atoms with Crippen molar-refractivity contribution in [3.8, 4) is 0 Å². The number of benzene rings is 1. The minimum Gasteiger partial charge on any atom is -0.446 e. The number of allylic oxidation sites excluding steroid dienone is 1. The quantitative estimate of drug-likeness (QED) is 0.162. The van der Waals surface area contributed by atoms with Crippen LogP contribution in [0.3, 0.4) is 0 Å². The van der Waals surface area contributed by atoms with Gasteiger partial charge in [0.1, 0.15) is 6.10 Å². The van der Waals surface area contributed by atoms with E-state index >= 15 is 0 Å². The SMILES string of the molecule is CC(C)CCC[C@@H](C)[C@H]1CC[C@H]2[C@@H]3CC=C4C[C@@H](OC(=O)NC(=O)c5c(I)cc(I)c(N)c5I)CC[C@]4(C)[C@H]3CC[C@]12C. The fourth-order valence-corrected chi connectivity index (χ4v) is 13.8. The summed E-state index contributed by atoms with van der Waals surface area (Å²) >= 11 is 6.35. The van der Waals surface area contributed by atoms with Crippen LogP contribution in [0, 0.1) is 57.0 Å². The molecule has 43 heavy (non-hydrogen) atoms. The van der Waals surface area contributed by atoms with Crippen LogP contribution in [-0.2, 0) is 4.74 Å². The van der Waals surface area contributed by atoms with Gasteiger partial charge in [-0.15, -0.1) is 0 Å². The molecule has 4 aliphatic carbocycles. The monoisotopic (exact) mass is 926 g/mol. The van der Waals surface area contributed by atoms with Gasteiger partial charge in [-0.1, -0.05) is 65.5 Å². The van der Waals surface area contributed by atoms with Crippen LogP contribution >= 0.6 is 67.8 Å². The lowest BCUT2D eigenvalue weighted by atomic mass is 9.47. The number of imide groups is 1. The van der Waals surface area contributed by atoms with Crippen LogP contribution in [0.2, 0.25) is 0 Å². The first-order valence-electron chi connectivity index (χ1n) is 16.4. The first-order chi connectivity index (χ1) is 20.3. The second kappa shape index (κ2) is 13.6. The highest BCUT2D eigenvalue weighted by atomic mass is 127. The number of ether oxygens (including phenoxy) is 1. The van der Waals surface area contributed by atoms with Gasteiger partial charge in [0.15, 0.2) is 0 Å². The molecule has 5 nitrogen and oxygen atoms in total. The number of nitrogens with one attached hydrogen (secondary N) is 1. The Morgan fingerprint density at radius 3 is 2.49 bits per heavy atom. The molecular formula is C35H49I3N2O3. The summed E-state index contributed by atoms with van der Waals surface area (Å²) < 4.78 is 8.18. The smallest absolute Gasteiger partial charge is 0.414 e. The molecule has 3 fully saturated rings.